The van der Waals surface area contributed by atoms with Gasteiger partial charge in [-0.15, -0.1) is 0 Å². The molecular formula is C11H8N2O. The fourth-order valence-electron chi connectivity index (χ4n) is 1.67. The van der Waals surface area contributed by atoms with Gasteiger partial charge >= 0.3 is 0 Å². The monoisotopic (exact) mass is 184 g/mol. The van der Waals surface area contributed by atoms with Gasteiger partial charge in [0.05, 0.1) is 0 Å². The zero-order valence-electron chi connectivity index (χ0n) is 7.40. The van der Waals surface area contributed by atoms with Crippen LogP contribution in [0.4, 0.5) is 6.01 Å². The van der Waals surface area contributed by atoms with Crippen molar-refractivity contribution in [2.75, 3.05) is 5.73 Å². The third-order valence-corrected chi connectivity index (χ3v) is 2.30. The number of anilines is 1. The first-order valence-electron chi connectivity index (χ1n) is 4.38. The second-order valence-corrected chi connectivity index (χ2v) is 3.19. The molecule has 2 aromatic carbocycles. The molecule has 0 aliphatic rings. The van der Waals surface area contributed by atoms with Crippen LogP contribution in [0, 0.1) is 0 Å². The normalized spacial score (nSPS) is 11.1. The zero-order chi connectivity index (χ0) is 9.54. The molecule has 0 radical (unpaired) electrons. The Morgan fingerprint density at radius 1 is 1.07 bits per heavy atom. The van der Waals surface area contributed by atoms with Crippen LogP contribution < -0.4 is 5.73 Å². The first-order chi connectivity index (χ1) is 6.84. The molecular weight excluding hydrogens is 176 g/mol. The lowest BCUT2D eigenvalue weighted by atomic mass is 10.1. The third kappa shape index (κ3) is 0.893. The van der Waals surface area contributed by atoms with E-state index in [0.717, 1.165) is 21.9 Å². The molecule has 3 heteroatoms. The smallest absolute Gasteiger partial charge is 0.293 e. The fraction of sp³-hybridized carbons (Fsp3) is 0. The van der Waals surface area contributed by atoms with Gasteiger partial charge in [-0.1, -0.05) is 30.3 Å². The SMILES string of the molecule is Nc1nc2ccc3ccccc3c2o1. The molecule has 0 fully saturated rings. The summed E-state index contributed by atoms with van der Waals surface area (Å²) in [7, 11) is 0. The first kappa shape index (κ1) is 7.38. The number of nitrogen functional groups attached to an aromatic ring is 1. The average molecular weight is 184 g/mol. The number of nitrogens with two attached hydrogens (primary N) is 1. The van der Waals surface area contributed by atoms with E-state index in [1.54, 1.807) is 0 Å². The van der Waals surface area contributed by atoms with Crippen molar-refractivity contribution >= 4 is 27.9 Å². The van der Waals surface area contributed by atoms with Gasteiger partial charge in [-0.3, -0.25) is 0 Å². The Morgan fingerprint density at radius 2 is 1.93 bits per heavy atom. The van der Waals surface area contributed by atoms with Crippen molar-refractivity contribution in [3.8, 4) is 0 Å². The van der Waals surface area contributed by atoms with Crippen molar-refractivity contribution in [2.45, 2.75) is 0 Å². The van der Waals surface area contributed by atoms with E-state index in [-0.39, 0.29) is 6.01 Å². The highest BCUT2D eigenvalue weighted by Gasteiger charge is 2.05. The summed E-state index contributed by atoms with van der Waals surface area (Å²) in [4.78, 5) is 4.07. The molecule has 0 spiro atoms. The number of rotatable bonds is 0. The summed E-state index contributed by atoms with van der Waals surface area (Å²) in [5.74, 6) is 0. The van der Waals surface area contributed by atoms with Crippen molar-refractivity contribution in [3.63, 3.8) is 0 Å². The van der Waals surface area contributed by atoms with E-state index < -0.39 is 0 Å². The number of oxazole rings is 1. The van der Waals surface area contributed by atoms with Gasteiger partial charge in [0.2, 0.25) is 0 Å². The number of aromatic nitrogens is 1. The number of hydrogen-bond acceptors (Lipinski definition) is 3. The minimum absolute atomic E-state index is 0.219. The molecule has 0 aliphatic carbocycles. The van der Waals surface area contributed by atoms with E-state index in [4.69, 9.17) is 10.2 Å². The van der Waals surface area contributed by atoms with Crippen LogP contribution in [-0.4, -0.2) is 4.98 Å². The predicted octanol–water partition coefficient (Wildman–Crippen LogP) is 2.56. The second-order valence-electron chi connectivity index (χ2n) is 3.19. The van der Waals surface area contributed by atoms with Gasteiger partial charge in [0.15, 0.2) is 5.58 Å². The number of benzene rings is 2. The maximum atomic E-state index is 5.50. The van der Waals surface area contributed by atoms with Crippen LogP contribution in [0.25, 0.3) is 21.9 Å². The number of nitrogens with zero attached hydrogens (tertiary/aromatic N) is 1. The molecule has 0 amide bonds. The molecule has 0 saturated carbocycles. The lowest BCUT2D eigenvalue weighted by Gasteiger charge is -1.95. The standard InChI is InChI=1S/C11H8N2O/c12-11-13-9-6-5-7-3-1-2-4-8(7)10(9)14-11/h1-6H,(H2,12,13). The largest absolute Gasteiger partial charge is 0.423 e. The Labute approximate surface area is 80.1 Å². The summed E-state index contributed by atoms with van der Waals surface area (Å²) in [6.45, 7) is 0. The highest BCUT2D eigenvalue weighted by atomic mass is 16.4. The van der Waals surface area contributed by atoms with Crippen molar-refractivity contribution in [2.24, 2.45) is 0 Å². The molecule has 68 valence electrons. The highest BCUT2D eigenvalue weighted by Crippen LogP contribution is 2.26. The number of hydrogen-bond donors (Lipinski definition) is 1. The molecule has 3 nitrogen and oxygen atoms in total. The Hall–Kier alpha value is -2.03. The topological polar surface area (TPSA) is 52.0 Å². The van der Waals surface area contributed by atoms with Crippen molar-refractivity contribution < 1.29 is 4.42 Å². The fourth-order valence-corrected chi connectivity index (χ4v) is 1.67. The van der Waals surface area contributed by atoms with Crippen molar-refractivity contribution in [3.05, 3.63) is 36.4 Å². The molecule has 0 bridgehead atoms. The molecule has 3 aromatic rings. The molecule has 0 aliphatic heterocycles. The van der Waals surface area contributed by atoms with E-state index in [1.807, 2.05) is 36.4 Å². The van der Waals surface area contributed by atoms with Crippen LogP contribution in [0.3, 0.4) is 0 Å². The predicted molar refractivity (Wildman–Crippen MR) is 55.9 cm³/mol. The summed E-state index contributed by atoms with van der Waals surface area (Å²) < 4.78 is 5.35. The van der Waals surface area contributed by atoms with Crippen LogP contribution in [0.2, 0.25) is 0 Å². The summed E-state index contributed by atoms with van der Waals surface area (Å²) in [6, 6.07) is 12.2. The van der Waals surface area contributed by atoms with Crippen LogP contribution >= 0.6 is 0 Å². The van der Waals surface area contributed by atoms with Crippen LogP contribution in [-0.2, 0) is 0 Å². The molecule has 0 saturated heterocycles. The third-order valence-electron chi connectivity index (χ3n) is 2.30. The molecule has 14 heavy (non-hydrogen) atoms. The van der Waals surface area contributed by atoms with Gasteiger partial charge in [0.1, 0.15) is 5.52 Å². The minimum atomic E-state index is 0.219. The molecule has 3 rings (SSSR count). The Morgan fingerprint density at radius 3 is 2.86 bits per heavy atom. The molecule has 0 atom stereocenters. The zero-order valence-corrected chi connectivity index (χ0v) is 7.40. The van der Waals surface area contributed by atoms with Gasteiger partial charge in [-0.25, -0.2) is 0 Å². The highest BCUT2D eigenvalue weighted by molar-refractivity contribution is 6.03. The summed E-state index contributed by atoms with van der Waals surface area (Å²) in [5, 5.41) is 2.19. The average Bonchev–Trinajstić information content (AvgIpc) is 2.59. The molecule has 0 unspecified atom stereocenters. The van der Waals surface area contributed by atoms with Gasteiger partial charge < -0.3 is 10.2 Å². The Kier molecular flexibility index (Phi) is 1.31. The maximum Gasteiger partial charge on any atom is 0.293 e. The van der Waals surface area contributed by atoms with Crippen LogP contribution in [0.1, 0.15) is 0 Å². The molecule has 1 heterocycles. The van der Waals surface area contributed by atoms with E-state index in [0.29, 0.717) is 0 Å². The summed E-state index contributed by atoms with van der Waals surface area (Å²) in [5.41, 5.74) is 7.07. The molecule has 2 N–H and O–H groups in total. The van der Waals surface area contributed by atoms with Gasteiger partial charge in [0.25, 0.3) is 6.01 Å². The van der Waals surface area contributed by atoms with E-state index in [1.165, 1.54) is 0 Å². The lowest BCUT2D eigenvalue weighted by molar-refractivity contribution is 0.629. The quantitative estimate of drug-likeness (QED) is 0.584. The number of fused-ring (bicyclic) bond motifs is 3. The lowest BCUT2D eigenvalue weighted by Crippen LogP contribution is -1.80. The maximum absolute atomic E-state index is 5.50. The Bertz CT molecular complexity index is 613. The van der Waals surface area contributed by atoms with Crippen LogP contribution in [0.5, 0.6) is 0 Å². The van der Waals surface area contributed by atoms with Gasteiger partial charge in [-0.05, 0) is 11.5 Å². The van der Waals surface area contributed by atoms with Crippen LogP contribution in [0.15, 0.2) is 40.8 Å². The second kappa shape index (κ2) is 2.48. The summed E-state index contributed by atoms with van der Waals surface area (Å²) >= 11 is 0. The first-order valence-corrected chi connectivity index (χ1v) is 4.38. The minimum Gasteiger partial charge on any atom is -0.423 e. The van der Waals surface area contributed by atoms with Gasteiger partial charge in [-0.2, -0.15) is 4.98 Å². The summed E-state index contributed by atoms with van der Waals surface area (Å²) in [6.07, 6.45) is 0. The van der Waals surface area contributed by atoms with E-state index >= 15 is 0 Å². The van der Waals surface area contributed by atoms with Crippen molar-refractivity contribution in [1.29, 1.82) is 0 Å². The van der Waals surface area contributed by atoms with E-state index in [2.05, 4.69) is 4.98 Å². The van der Waals surface area contributed by atoms with Crippen molar-refractivity contribution in [1.82, 2.24) is 4.98 Å². The Balaban J connectivity index is 2.60. The van der Waals surface area contributed by atoms with E-state index in [9.17, 15) is 0 Å². The van der Waals surface area contributed by atoms with Gasteiger partial charge in [0, 0.05) is 5.39 Å². The molecule has 1 aromatic heterocycles.